The molecule has 148 valence electrons. The molecule has 4 saturated heterocycles. The van der Waals surface area contributed by atoms with Crippen molar-refractivity contribution in [2.75, 3.05) is 52.5 Å². The topological polar surface area (TPSA) is 61.8 Å². The van der Waals surface area contributed by atoms with Crippen LogP contribution < -0.4 is 0 Å². The van der Waals surface area contributed by atoms with Crippen LogP contribution in [0.3, 0.4) is 0 Å². The van der Waals surface area contributed by atoms with Gasteiger partial charge in [-0.05, 0) is 32.6 Å². The summed E-state index contributed by atoms with van der Waals surface area (Å²) in [5.74, 6) is 0.569. The average molecular weight is 374 g/mol. The number of rotatable bonds is 4. The molecule has 0 aromatic carbocycles. The van der Waals surface area contributed by atoms with Crippen molar-refractivity contribution in [2.45, 2.75) is 38.3 Å². The Hall–Kier alpha value is -1.57. The van der Waals surface area contributed by atoms with Gasteiger partial charge < -0.3 is 9.64 Å². The zero-order valence-electron chi connectivity index (χ0n) is 16.5. The summed E-state index contributed by atoms with van der Waals surface area (Å²) in [5.41, 5.74) is 0.576. The molecule has 7 heteroatoms. The number of morpholine rings is 1. The van der Waals surface area contributed by atoms with E-state index in [0.29, 0.717) is 17.7 Å². The molecule has 2 atom stereocenters. The van der Waals surface area contributed by atoms with Crippen LogP contribution in [0, 0.1) is 5.92 Å². The fourth-order valence-electron chi connectivity index (χ4n) is 4.88. The lowest BCUT2D eigenvalue weighted by atomic mass is 9.92. The molecular weight excluding hydrogens is 342 g/mol. The van der Waals surface area contributed by atoms with Crippen molar-refractivity contribution in [1.82, 2.24) is 24.7 Å². The predicted molar refractivity (Wildman–Crippen MR) is 102 cm³/mol. The molecule has 1 amide bonds. The van der Waals surface area contributed by atoms with Crippen molar-refractivity contribution in [2.24, 2.45) is 5.92 Å². The van der Waals surface area contributed by atoms with Crippen LogP contribution in [0.4, 0.5) is 0 Å². The summed E-state index contributed by atoms with van der Waals surface area (Å²) in [6.07, 6.45) is 7.17. The Kier molecular flexibility index (Phi) is 5.43. The van der Waals surface area contributed by atoms with Gasteiger partial charge in [-0.1, -0.05) is 0 Å². The molecule has 5 rings (SSSR count). The number of fused-ring (bicyclic) bond motifs is 4. The monoisotopic (exact) mass is 373 g/mol. The van der Waals surface area contributed by atoms with E-state index in [4.69, 9.17) is 4.74 Å². The smallest absolute Gasteiger partial charge is 0.274 e. The summed E-state index contributed by atoms with van der Waals surface area (Å²) < 4.78 is 5.53. The summed E-state index contributed by atoms with van der Waals surface area (Å²) in [6, 6.07) is 0.435. The summed E-state index contributed by atoms with van der Waals surface area (Å²) in [5, 5.41) is 0. The lowest BCUT2D eigenvalue weighted by Crippen LogP contribution is -2.58. The van der Waals surface area contributed by atoms with Crippen LogP contribution in [0.2, 0.25) is 0 Å². The molecular formula is C20H31N5O2. The van der Waals surface area contributed by atoms with Gasteiger partial charge in [-0.3, -0.25) is 19.6 Å². The molecule has 27 heavy (non-hydrogen) atoms. The van der Waals surface area contributed by atoms with Crippen molar-refractivity contribution in [3.05, 3.63) is 24.3 Å². The van der Waals surface area contributed by atoms with E-state index in [1.165, 1.54) is 12.8 Å². The SMILES string of the molecule is CC(C)(CN1C[C@@H]2CC[C@H]1CN(C(=O)c1cnccn1)C2)N1CCOCC1. The zero-order chi connectivity index (χ0) is 18.9. The molecule has 5 heterocycles. The van der Waals surface area contributed by atoms with E-state index >= 15 is 0 Å². The molecule has 1 aromatic heterocycles. The largest absolute Gasteiger partial charge is 0.379 e. The van der Waals surface area contributed by atoms with E-state index in [1.54, 1.807) is 18.6 Å². The molecule has 0 unspecified atom stereocenters. The van der Waals surface area contributed by atoms with Crippen LogP contribution >= 0.6 is 0 Å². The number of ether oxygens (including phenoxy) is 1. The van der Waals surface area contributed by atoms with E-state index in [0.717, 1.165) is 52.5 Å². The highest BCUT2D eigenvalue weighted by molar-refractivity contribution is 5.92. The molecule has 4 fully saturated rings. The van der Waals surface area contributed by atoms with Gasteiger partial charge in [0.25, 0.3) is 5.91 Å². The lowest BCUT2D eigenvalue weighted by Gasteiger charge is -2.46. The Labute approximate surface area is 161 Å². The molecule has 4 aliphatic heterocycles. The quantitative estimate of drug-likeness (QED) is 0.788. The van der Waals surface area contributed by atoms with Crippen LogP contribution in [0.5, 0.6) is 0 Å². The Bertz CT molecular complexity index is 647. The summed E-state index contributed by atoms with van der Waals surface area (Å²) in [6.45, 7) is 12.1. The minimum Gasteiger partial charge on any atom is -0.379 e. The third-order valence-electron chi connectivity index (χ3n) is 6.35. The summed E-state index contributed by atoms with van der Waals surface area (Å²) in [4.78, 5) is 28.4. The highest BCUT2D eigenvalue weighted by atomic mass is 16.5. The normalized spacial score (nSPS) is 27.6. The van der Waals surface area contributed by atoms with Crippen molar-refractivity contribution < 1.29 is 9.53 Å². The number of hydrogen-bond acceptors (Lipinski definition) is 6. The maximum absolute atomic E-state index is 12.9. The molecule has 0 saturated carbocycles. The lowest BCUT2D eigenvalue weighted by molar-refractivity contribution is -0.0309. The van der Waals surface area contributed by atoms with E-state index in [9.17, 15) is 4.79 Å². The number of aromatic nitrogens is 2. The maximum atomic E-state index is 12.9. The second-order valence-corrected chi connectivity index (χ2v) is 8.74. The fourth-order valence-corrected chi connectivity index (χ4v) is 4.88. The standard InChI is InChI=1S/C20H31N5O2/c1-20(2,25-7-9-27-10-8-25)15-24-13-16-3-4-17(24)14-23(12-16)19(26)18-11-21-5-6-22-18/h5-6,11,16-17H,3-4,7-10,12-15H2,1-2H3/t16-,17+/m1/s1. The first kappa shape index (κ1) is 18.8. The number of piperidine rings is 1. The highest BCUT2D eigenvalue weighted by Gasteiger charge is 2.40. The van der Waals surface area contributed by atoms with Gasteiger partial charge >= 0.3 is 0 Å². The molecule has 0 spiro atoms. The number of nitrogens with zero attached hydrogens (tertiary/aromatic N) is 5. The van der Waals surface area contributed by atoms with Gasteiger partial charge in [-0.2, -0.15) is 0 Å². The van der Waals surface area contributed by atoms with E-state index < -0.39 is 0 Å². The summed E-state index contributed by atoms with van der Waals surface area (Å²) in [7, 11) is 0. The average Bonchev–Trinajstić information content (AvgIpc) is 3.00. The number of amides is 1. The minimum absolute atomic E-state index is 0.0225. The van der Waals surface area contributed by atoms with Crippen molar-refractivity contribution in [1.29, 1.82) is 0 Å². The van der Waals surface area contributed by atoms with Gasteiger partial charge in [0.05, 0.1) is 19.4 Å². The van der Waals surface area contributed by atoms with Gasteiger partial charge in [-0.15, -0.1) is 0 Å². The first-order valence-electron chi connectivity index (χ1n) is 10.1. The van der Waals surface area contributed by atoms with Gasteiger partial charge in [-0.25, -0.2) is 4.98 Å². The first-order chi connectivity index (χ1) is 13.0. The van der Waals surface area contributed by atoms with Crippen LogP contribution in [-0.2, 0) is 4.74 Å². The summed E-state index contributed by atoms with van der Waals surface area (Å²) >= 11 is 0. The molecule has 7 nitrogen and oxygen atoms in total. The molecule has 0 N–H and O–H groups in total. The van der Waals surface area contributed by atoms with Crippen LogP contribution in [-0.4, -0.2) is 94.6 Å². The highest BCUT2D eigenvalue weighted by Crippen LogP contribution is 2.31. The fraction of sp³-hybridized carbons (Fsp3) is 0.750. The molecule has 0 aliphatic carbocycles. The Morgan fingerprint density at radius 1 is 1.19 bits per heavy atom. The third-order valence-corrected chi connectivity index (χ3v) is 6.35. The van der Waals surface area contributed by atoms with Crippen molar-refractivity contribution in [3.8, 4) is 0 Å². The Morgan fingerprint density at radius 2 is 2.00 bits per heavy atom. The number of hydrogen-bond donors (Lipinski definition) is 0. The van der Waals surface area contributed by atoms with Crippen molar-refractivity contribution in [3.63, 3.8) is 0 Å². The Morgan fingerprint density at radius 3 is 2.74 bits per heavy atom. The Balaban J connectivity index is 1.44. The van der Waals surface area contributed by atoms with Crippen LogP contribution in [0.1, 0.15) is 37.2 Å². The van der Waals surface area contributed by atoms with Crippen molar-refractivity contribution >= 4 is 5.91 Å². The third kappa shape index (κ3) is 4.15. The predicted octanol–water partition coefficient (Wildman–Crippen LogP) is 1.12. The second-order valence-electron chi connectivity index (χ2n) is 8.74. The van der Waals surface area contributed by atoms with E-state index in [-0.39, 0.29) is 11.4 Å². The maximum Gasteiger partial charge on any atom is 0.274 e. The van der Waals surface area contributed by atoms with Gasteiger partial charge in [0, 0.05) is 63.2 Å². The van der Waals surface area contributed by atoms with E-state index in [1.807, 2.05) is 4.90 Å². The van der Waals surface area contributed by atoms with Gasteiger partial charge in [0.1, 0.15) is 5.69 Å². The van der Waals surface area contributed by atoms with Gasteiger partial charge in [0.15, 0.2) is 0 Å². The zero-order valence-corrected chi connectivity index (χ0v) is 16.5. The van der Waals surface area contributed by atoms with Crippen LogP contribution in [0.25, 0.3) is 0 Å². The minimum atomic E-state index is 0.0225. The number of carbonyl (C=O) groups is 1. The van der Waals surface area contributed by atoms with Gasteiger partial charge in [0.2, 0.25) is 0 Å². The second kappa shape index (κ2) is 7.81. The number of carbonyl (C=O) groups excluding carboxylic acids is 1. The molecule has 1 aromatic rings. The van der Waals surface area contributed by atoms with Crippen LogP contribution in [0.15, 0.2) is 18.6 Å². The molecule has 0 radical (unpaired) electrons. The molecule has 4 aliphatic rings. The molecule has 2 bridgehead atoms. The first-order valence-corrected chi connectivity index (χ1v) is 10.1. The van der Waals surface area contributed by atoms with E-state index in [2.05, 4.69) is 33.6 Å².